The molecule has 0 aliphatic heterocycles. The summed E-state index contributed by atoms with van der Waals surface area (Å²) < 4.78 is 15.2. The molecule has 0 spiro atoms. The van der Waals surface area contributed by atoms with Crippen molar-refractivity contribution < 1.29 is 14.1 Å². The van der Waals surface area contributed by atoms with Gasteiger partial charge < -0.3 is 5.32 Å². The van der Waals surface area contributed by atoms with E-state index in [1.807, 2.05) is 0 Å². The lowest BCUT2D eigenvalue weighted by molar-refractivity contribution is -0.375. The maximum atomic E-state index is 13.8. The fourth-order valence-corrected chi connectivity index (χ4v) is 4.74. The number of nitrogens with zero attached hydrogens (tertiary/aromatic N) is 2. The van der Waals surface area contributed by atoms with Gasteiger partial charge in [-0.3, -0.25) is 14.9 Å². The number of rotatable bonds is 6. The van der Waals surface area contributed by atoms with E-state index in [1.165, 1.54) is 34.9 Å². The fourth-order valence-electron chi connectivity index (χ4n) is 2.81. The highest BCUT2D eigenvalue weighted by Crippen LogP contribution is 2.33. The van der Waals surface area contributed by atoms with Gasteiger partial charge in [-0.05, 0) is 42.5 Å². The number of nitrogens with one attached hydrogen (secondary N) is 1. The van der Waals surface area contributed by atoms with Gasteiger partial charge in [-0.15, -0.1) is 11.3 Å². The molecule has 3 aromatic carbocycles. The topological polar surface area (TPSA) is 85.1 Å². The van der Waals surface area contributed by atoms with Gasteiger partial charge in [0.05, 0.1) is 31.7 Å². The highest BCUT2D eigenvalue weighted by atomic mass is 32.2. The van der Waals surface area contributed by atoms with Crippen LogP contribution in [0.3, 0.4) is 0 Å². The highest BCUT2D eigenvalue weighted by Gasteiger charge is 2.15. The lowest BCUT2D eigenvalue weighted by Crippen LogP contribution is -2.13. The predicted octanol–water partition coefficient (Wildman–Crippen LogP) is 6.06. The Morgan fingerprint density at radius 2 is 1.84 bits per heavy atom. The predicted molar refractivity (Wildman–Crippen MR) is 121 cm³/mol. The van der Waals surface area contributed by atoms with Gasteiger partial charge >= 0.3 is 0 Å². The lowest BCUT2D eigenvalue weighted by Gasteiger charge is -2.05. The summed E-state index contributed by atoms with van der Waals surface area (Å²) in [6.07, 6.45) is 0. The minimum absolute atomic E-state index is 0.0114. The molecule has 0 saturated carbocycles. The van der Waals surface area contributed by atoms with Gasteiger partial charge in [0.1, 0.15) is 5.82 Å². The molecule has 1 N–H and O–H groups in total. The standard InChI is InChI=1S/C22H14FN3O3S2/c23-17-9-5-4-8-16(17)21(27)24-15-10-11-18-20(12-15)31-22(25-18)30-13-19(26(28)29)14-6-2-1-3-7-14/h1-13H,(H,24,27)/b19-13-. The number of nitro groups is 1. The van der Waals surface area contributed by atoms with Crippen molar-refractivity contribution in [2.45, 2.75) is 4.34 Å². The Morgan fingerprint density at radius 3 is 2.58 bits per heavy atom. The number of hydrogen-bond donors (Lipinski definition) is 1. The third-order valence-electron chi connectivity index (χ3n) is 4.28. The zero-order valence-corrected chi connectivity index (χ0v) is 17.5. The Kier molecular flexibility index (Phi) is 6.06. The van der Waals surface area contributed by atoms with Crippen LogP contribution in [0.1, 0.15) is 15.9 Å². The summed E-state index contributed by atoms with van der Waals surface area (Å²) in [5.41, 5.74) is 1.67. The molecular formula is C22H14FN3O3S2. The van der Waals surface area contributed by atoms with Gasteiger partial charge in [-0.2, -0.15) is 0 Å². The Labute approximate surface area is 184 Å². The lowest BCUT2D eigenvalue weighted by atomic mass is 10.2. The van der Waals surface area contributed by atoms with Crippen LogP contribution in [0.15, 0.2) is 82.5 Å². The Bertz CT molecular complexity index is 1310. The molecule has 1 amide bonds. The van der Waals surface area contributed by atoms with Gasteiger partial charge in [-0.1, -0.05) is 42.1 Å². The Balaban J connectivity index is 1.54. The van der Waals surface area contributed by atoms with E-state index in [2.05, 4.69) is 10.3 Å². The van der Waals surface area contributed by atoms with Crippen molar-refractivity contribution in [3.05, 3.63) is 105 Å². The van der Waals surface area contributed by atoms with Crippen LogP contribution in [-0.2, 0) is 0 Å². The van der Waals surface area contributed by atoms with E-state index in [0.29, 0.717) is 21.1 Å². The minimum Gasteiger partial charge on any atom is -0.322 e. The first-order valence-electron chi connectivity index (χ1n) is 9.04. The van der Waals surface area contributed by atoms with Crippen LogP contribution < -0.4 is 5.32 Å². The zero-order valence-electron chi connectivity index (χ0n) is 15.8. The summed E-state index contributed by atoms with van der Waals surface area (Å²) in [6, 6.07) is 19.6. The first kappa shape index (κ1) is 20.7. The smallest absolute Gasteiger partial charge is 0.283 e. The van der Waals surface area contributed by atoms with Crippen molar-refractivity contribution >= 4 is 50.6 Å². The summed E-state index contributed by atoms with van der Waals surface area (Å²) >= 11 is 2.51. The number of thiazole rings is 1. The normalized spacial score (nSPS) is 11.5. The molecule has 0 fully saturated rings. The molecule has 1 heterocycles. The van der Waals surface area contributed by atoms with Crippen molar-refractivity contribution in [3.8, 4) is 0 Å². The molecule has 4 aromatic rings. The summed E-state index contributed by atoms with van der Waals surface area (Å²) in [5.74, 6) is -1.14. The number of anilines is 1. The van der Waals surface area contributed by atoms with Gasteiger partial charge in [0.15, 0.2) is 4.34 Å². The van der Waals surface area contributed by atoms with Crippen molar-refractivity contribution in [3.63, 3.8) is 0 Å². The van der Waals surface area contributed by atoms with Gasteiger partial charge in [0, 0.05) is 5.69 Å². The monoisotopic (exact) mass is 451 g/mol. The second kappa shape index (κ2) is 9.07. The summed E-state index contributed by atoms with van der Waals surface area (Å²) in [7, 11) is 0. The maximum Gasteiger partial charge on any atom is 0.283 e. The average molecular weight is 452 g/mol. The number of benzene rings is 3. The van der Waals surface area contributed by atoms with E-state index in [0.717, 1.165) is 16.5 Å². The molecule has 6 nitrogen and oxygen atoms in total. The molecule has 0 aliphatic carbocycles. The van der Waals surface area contributed by atoms with Crippen LogP contribution in [0.4, 0.5) is 10.1 Å². The Morgan fingerprint density at radius 1 is 1.10 bits per heavy atom. The number of thioether (sulfide) groups is 1. The van der Waals surface area contributed by atoms with Crippen LogP contribution in [0.2, 0.25) is 0 Å². The Hall–Kier alpha value is -3.56. The highest BCUT2D eigenvalue weighted by molar-refractivity contribution is 8.04. The molecular weight excluding hydrogens is 437 g/mol. The third kappa shape index (κ3) is 4.79. The molecule has 31 heavy (non-hydrogen) atoms. The van der Waals surface area contributed by atoms with Gasteiger partial charge in [0.25, 0.3) is 11.6 Å². The van der Waals surface area contributed by atoms with Gasteiger partial charge in [-0.25, -0.2) is 9.37 Å². The maximum absolute atomic E-state index is 13.8. The average Bonchev–Trinajstić information content (AvgIpc) is 3.17. The van der Waals surface area contributed by atoms with E-state index in [-0.39, 0.29) is 11.3 Å². The number of carbonyl (C=O) groups is 1. The van der Waals surface area contributed by atoms with Crippen molar-refractivity contribution in [2.24, 2.45) is 0 Å². The largest absolute Gasteiger partial charge is 0.322 e. The molecule has 0 radical (unpaired) electrons. The number of halogens is 1. The quantitative estimate of drug-likeness (QED) is 0.219. The minimum atomic E-state index is -0.593. The SMILES string of the molecule is O=C(Nc1ccc2nc(S/C=C(/c3ccccc3)[N+](=O)[O-])sc2c1)c1ccccc1F. The van der Waals surface area contributed by atoms with Crippen molar-refractivity contribution in [1.82, 2.24) is 4.98 Å². The molecule has 0 aliphatic rings. The summed E-state index contributed by atoms with van der Waals surface area (Å²) in [6.45, 7) is 0. The molecule has 154 valence electrons. The van der Waals surface area contributed by atoms with E-state index in [1.54, 1.807) is 54.6 Å². The zero-order chi connectivity index (χ0) is 21.8. The summed E-state index contributed by atoms with van der Waals surface area (Å²) in [4.78, 5) is 27.8. The van der Waals surface area contributed by atoms with Crippen molar-refractivity contribution in [2.75, 3.05) is 5.32 Å². The van der Waals surface area contributed by atoms with Crippen LogP contribution in [0.25, 0.3) is 15.9 Å². The second-order valence-corrected chi connectivity index (χ2v) is 8.49. The van der Waals surface area contributed by atoms with Crippen LogP contribution in [0.5, 0.6) is 0 Å². The number of aromatic nitrogens is 1. The van der Waals surface area contributed by atoms with E-state index in [9.17, 15) is 19.3 Å². The van der Waals surface area contributed by atoms with E-state index < -0.39 is 16.6 Å². The van der Waals surface area contributed by atoms with Crippen LogP contribution in [0, 0.1) is 15.9 Å². The second-order valence-electron chi connectivity index (χ2n) is 6.34. The first-order chi connectivity index (χ1) is 15.0. The van der Waals surface area contributed by atoms with E-state index >= 15 is 0 Å². The molecule has 0 bridgehead atoms. The number of carbonyl (C=O) groups excluding carboxylic acids is 1. The van der Waals surface area contributed by atoms with E-state index in [4.69, 9.17) is 0 Å². The molecule has 4 rings (SSSR count). The molecule has 0 unspecified atom stereocenters. The molecule has 9 heteroatoms. The van der Waals surface area contributed by atoms with Crippen LogP contribution >= 0.6 is 23.1 Å². The van der Waals surface area contributed by atoms with Crippen molar-refractivity contribution in [1.29, 1.82) is 0 Å². The summed E-state index contributed by atoms with van der Waals surface area (Å²) in [5, 5.41) is 15.6. The number of amides is 1. The van der Waals surface area contributed by atoms with Gasteiger partial charge in [0.2, 0.25) is 0 Å². The molecule has 0 saturated heterocycles. The first-order valence-corrected chi connectivity index (χ1v) is 10.7. The fraction of sp³-hybridized carbons (Fsp3) is 0. The molecule has 1 aromatic heterocycles. The molecule has 0 atom stereocenters. The number of hydrogen-bond acceptors (Lipinski definition) is 6. The van der Waals surface area contributed by atoms with Crippen LogP contribution in [-0.4, -0.2) is 15.8 Å². The third-order valence-corrected chi connectivity index (χ3v) is 6.27. The number of fused-ring (bicyclic) bond motifs is 1.